The summed E-state index contributed by atoms with van der Waals surface area (Å²) in [6.45, 7) is 4.53. The Bertz CT molecular complexity index is 922. The summed E-state index contributed by atoms with van der Waals surface area (Å²) >= 11 is 0. The summed E-state index contributed by atoms with van der Waals surface area (Å²) in [6.07, 6.45) is 6.57. The topological polar surface area (TPSA) is 91.9 Å². The molecule has 0 bridgehead atoms. The fraction of sp³-hybridized carbons (Fsp3) is 0.263. The highest BCUT2D eigenvalue weighted by Gasteiger charge is 2.10. The molecule has 1 saturated heterocycles. The molecule has 1 aliphatic rings. The Morgan fingerprint density at radius 2 is 1.85 bits per heavy atom. The fourth-order valence-corrected chi connectivity index (χ4v) is 2.90. The van der Waals surface area contributed by atoms with Crippen molar-refractivity contribution in [3.05, 3.63) is 60.4 Å². The Balaban J connectivity index is 1.40. The van der Waals surface area contributed by atoms with Crippen LogP contribution in [0.4, 0.5) is 11.6 Å². The summed E-state index contributed by atoms with van der Waals surface area (Å²) in [5.74, 6) is 1.20. The summed E-state index contributed by atoms with van der Waals surface area (Å²) in [5, 5.41) is 11.8. The average Bonchev–Trinajstić information content (AvgIpc) is 3.18. The van der Waals surface area contributed by atoms with Crippen LogP contribution in [0.5, 0.6) is 0 Å². The first-order valence-corrected chi connectivity index (χ1v) is 8.73. The number of nitriles is 1. The number of rotatable bonds is 5. The predicted octanol–water partition coefficient (Wildman–Crippen LogP) is 2.11. The zero-order chi connectivity index (χ0) is 18.5. The van der Waals surface area contributed by atoms with Gasteiger partial charge in [-0.1, -0.05) is 12.1 Å². The molecule has 1 aliphatic heterocycles. The van der Waals surface area contributed by atoms with E-state index in [1.807, 2.05) is 16.8 Å². The lowest BCUT2D eigenvalue weighted by Crippen LogP contribution is -2.35. The van der Waals surface area contributed by atoms with Crippen molar-refractivity contribution >= 4 is 11.6 Å². The molecule has 8 heteroatoms. The lowest BCUT2D eigenvalue weighted by Gasteiger charge is -2.26. The van der Waals surface area contributed by atoms with Crippen LogP contribution in [-0.2, 0) is 11.3 Å². The number of anilines is 2. The van der Waals surface area contributed by atoms with Gasteiger partial charge in [-0.3, -0.25) is 4.90 Å². The summed E-state index contributed by atoms with van der Waals surface area (Å²) in [5.41, 5.74) is 2.60. The second kappa shape index (κ2) is 7.95. The van der Waals surface area contributed by atoms with Gasteiger partial charge in [0, 0.05) is 25.3 Å². The van der Waals surface area contributed by atoms with Crippen LogP contribution in [0, 0.1) is 11.3 Å². The number of ether oxygens (including phenoxy) is 1. The first kappa shape index (κ1) is 17.1. The van der Waals surface area contributed by atoms with Gasteiger partial charge in [-0.25, -0.2) is 15.0 Å². The zero-order valence-electron chi connectivity index (χ0n) is 14.7. The quantitative estimate of drug-likeness (QED) is 0.744. The normalized spacial score (nSPS) is 14.6. The van der Waals surface area contributed by atoms with Gasteiger partial charge < -0.3 is 14.6 Å². The highest BCUT2D eigenvalue weighted by Crippen LogP contribution is 2.16. The highest BCUT2D eigenvalue weighted by atomic mass is 16.5. The van der Waals surface area contributed by atoms with Crippen molar-refractivity contribution in [1.29, 1.82) is 5.26 Å². The molecule has 0 saturated carbocycles. The van der Waals surface area contributed by atoms with E-state index >= 15 is 0 Å². The lowest BCUT2D eigenvalue weighted by atomic mass is 10.2. The minimum atomic E-state index is 0.281. The molecule has 27 heavy (non-hydrogen) atoms. The smallest absolute Gasteiger partial charge is 0.158 e. The summed E-state index contributed by atoms with van der Waals surface area (Å²) in [7, 11) is 0. The Morgan fingerprint density at radius 3 is 2.56 bits per heavy atom. The maximum Gasteiger partial charge on any atom is 0.158 e. The van der Waals surface area contributed by atoms with Crippen LogP contribution in [-0.4, -0.2) is 50.7 Å². The molecule has 0 unspecified atom stereocenters. The monoisotopic (exact) mass is 361 g/mol. The Kier molecular flexibility index (Phi) is 5.05. The number of imidazole rings is 1. The van der Waals surface area contributed by atoms with Crippen molar-refractivity contribution < 1.29 is 4.74 Å². The van der Waals surface area contributed by atoms with E-state index in [-0.39, 0.29) is 5.69 Å². The number of benzene rings is 1. The molecule has 4 rings (SSSR count). The van der Waals surface area contributed by atoms with Crippen LogP contribution >= 0.6 is 0 Å². The van der Waals surface area contributed by atoms with Crippen molar-refractivity contribution in [2.75, 3.05) is 31.6 Å². The van der Waals surface area contributed by atoms with Gasteiger partial charge in [0.2, 0.25) is 0 Å². The minimum Gasteiger partial charge on any atom is -0.379 e. The summed E-state index contributed by atoms with van der Waals surface area (Å²) in [4.78, 5) is 14.9. The standard InChI is InChI=1S/C19H19N7O/c20-9-16-10-22-18(11-21-16)24-19-13-26(14-23-19)17-3-1-15(2-4-17)12-25-5-7-27-8-6-25/h1-4,10-11,13-14H,5-8,12H2,(H,22,24). The number of aromatic nitrogens is 4. The first-order chi connectivity index (χ1) is 13.3. The molecule has 0 spiro atoms. The maximum atomic E-state index is 8.76. The van der Waals surface area contributed by atoms with Crippen LogP contribution < -0.4 is 5.32 Å². The van der Waals surface area contributed by atoms with Crippen LogP contribution in [0.1, 0.15) is 11.3 Å². The van der Waals surface area contributed by atoms with Gasteiger partial charge in [0.15, 0.2) is 5.69 Å². The van der Waals surface area contributed by atoms with Crippen molar-refractivity contribution in [3.63, 3.8) is 0 Å². The van der Waals surface area contributed by atoms with Gasteiger partial charge in [0.25, 0.3) is 0 Å². The second-order valence-corrected chi connectivity index (χ2v) is 6.24. The number of hydrogen-bond acceptors (Lipinski definition) is 7. The molecule has 1 fully saturated rings. The van der Waals surface area contributed by atoms with Crippen molar-refractivity contribution in [2.45, 2.75) is 6.54 Å². The Hall–Kier alpha value is -3.28. The third-order valence-corrected chi connectivity index (χ3v) is 4.35. The highest BCUT2D eigenvalue weighted by molar-refractivity contribution is 5.51. The molecular weight excluding hydrogens is 342 g/mol. The summed E-state index contributed by atoms with van der Waals surface area (Å²) < 4.78 is 7.33. The van der Waals surface area contributed by atoms with Crippen LogP contribution in [0.3, 0.4) is 0 Å². The van der Waals surface area contributed by atoms with E-state index in [1.54, 1.807) is 6.33 Å². The first-order valence-electron chi connectivity index (χ1n) is 8.73. The Labute approximate surface area is 157 Å². The van der Waals surface area contributed by atoms with E-state index in [2.05, 4.69) is 49.4 Å². The minimum absolute atomic E-state index is 0.281. The predicted molar refractivity (Wildman–Crippen MR) is 99.7 cm³/mol. The maximum absolute atomic E-state index is 8.76. The molecule has 0 aliphatic carbocycles. The zero-order valence-corrected chi connectivity index (χ0v) is 14.7. The van der Waals surface area contributed by atoms with Gasteiger partial charge >= 0.3 is 0 Å². The molecule has 1 N–H and O–H groups in total. The molecule has 1 aromatic carbocycles. The van der Waals surface area contributed by atoms with Gasteiger partial charge in [-0.05, 0) is 17.7 Å². The number of morpholine rings is 1. The van der Waals surface area contributed by atoms with Crippen molar-refractivity contribution in [3.8, 4) is 11.8 Å². The van der Waals surface area contributed by atoms with E-state index in [4.69, 9.17) is 10.00 Å². The fourth-order valence-electron chi connectivity index (χ4n) is 2.90. The van der Waals surface area contributed by atoms with E-state index in [1.165, 1.54) is 18.0 Å². The average molecular weight is 361 g/mol. The van der Waals surface area contributed by atoms with E-state index in [9.17, 15) is 0 Å². The van der Waals surface area contributed by atoms with Crippen molar-refractivity contribution in [1.82, 2.24) is 24.4 Å². The third-order valence-electron chi connectivity index (χ3n) is 4.35. The number of nitrogens with zero attached hydrogens (tertiary/aromatic N) is 6. The molecule has 136 valence electrons. The second-order valence-electron chi connectivity index (χ2n) is 6.24. The summed E-state index contributed by atoms with van der Waals surface area (Å²) in [6, 6.07) is 10.4. The molecule has 3 aromatic rings. The number of nitrogens with one attached hydrogen (secondary N) is 1. The largest absolute Gasteiger partial charge is 0.379 e. The molecule has 0 atom stereocenters. The van der Waals surface area contributed by atoms with Gasteiger partial charge in [0.05, 0.1) is 31.8 Å². The van der Waals surface area contributed by atoms with Gasteiger partial charge in [-0.2, -0.15) is 5.26 Å². The van der Waals surface area contributed by atoms with Crippen LogP contribution in [0.2, 0.25) is 0 Å². The van der Waals surface area contributed by atoms with E-state index in [0.717, 1.165) is 38.5 Å². The molecule has 0 amide bonds. The van der Waals surface area contributed by atoms with Crippen LogP contribution in [0.25, 0.3) is 5.69 Å². The molecule has 2 aromatic heterocycles. The Morgan fingerprint density at radius 1 is 1.04 bits per heavy atom. The SMILES string of the molecule is N#Cc1cnc(Nc2cn(-c3ccc(CN4CCOCC4)cc3)cn2)cn1. The lowest BCUT2D eigenvalue weighted by molar-refractivity contribution is 0.0342. The van der Waals surface area contributed by atoms with E-state index in [0.29, 0.717) is 11.6 Å². The van der Waals surface area contributed by atoms with Crippen LogP contribution in [0.15, 0.2) is 49.2 Å². The molecular formula is C19H19N7O. The molecule has 8 nitrogen and oxygen atoms in total. The molecule has 0 radical (unpaired) electrons. The molecule has 3 heterocycles. The number of hydrogen-bond donors (Lipinski definition) is 1. The van der Waals surface area contributed by atoms with Gasteiger partial charge in [-0.15, -0.1) is 0 Å². The third kappa shape index (κ3) is 4.28. The van der Waals surface area contributed by atoms with Gasteiger partial charge in [0.1, 0.15) is 24.0 Å². The van der Waals surface area contributed by atoms with E-state index < -0.39 is 0 Å². The van der Waals surface area contributed by atoms with Crippen molar-refractivity contribution in [2.24, 2.45) is 0 Å².